The van der Waals surface area contributed by atoms with Crippen molar-refractivity contribution >= 4 is 10.4 Å². The Balaban J connectivity index is 0. The molecular weight excluding hydrogens is 197 g/mol. The molecule has 0 fully saturated rings. The topological polar surface area (TPSA) is 115 Å². The minimum Gasteiger partial charge on any atom is -0.726 e. The molecule has 0 aromatic rings. The Kier molecular flexibility index (Phi) is 9.56. The monoisotopic (exact) mass is 203 g/mol. The second-order valence-electron chi connectivity index (χ2n) is 1.54. The maximum absolute atomic E-state index is 9.78. The summed E-state index contributed by atoms with van der Waals surface area (Å²) in [6.45, 7) is -0.128. The summed E-state index contributed by atoms with van der Waals surface area (Å²) in [7, 11) is -4.60. The maximum atomic E-state index is 9.78. The summed E-state index contributed by atoms with van der Waals surface area (Å²) in [5, 5.41) is 3.10. The Bertz CT molecular complexity index is 246. The van der Waals surface area contributed by atoms with Crippen LogP contribution < -0.4 is 29.6 Å². The quantitative estimate of drug-likeness (QED) is 0.0910. The number of azide groups is 1. The minimum absolute atomic E-state index is 0. The number of hydrogen-bond acceptors (Lipinski definition) is 5. The van der Waals surface area contributed by atoms with E-state index in [1.54, 1.807) is 0 Å². The first-order valence-electron chi connectivity index (χ1n) is 2.67. The molecule has 64 valence electrons. The van der Waals surface area contributed by atoms with E-state index in [1.165, 1.54) is 0 Å². The van der Waals surface area contributed by atoms with Gasteiger partial charge < -0.3 is 4.55 Å². The van der Waals surface area contributed by atoms with Crippen LogP contribution in [0, 0.1) is 0 Å². The van der Waals surface area contributed by atoms with Crippen molar-refractivity contribution in [3.05, 3.63) is 10.4 Å². The van der Waals surface area contributed by atoms with Crippen molar-refractivity contribution in [3.63, 3.8) is 0 Å². The molecule has 0 spiro atoms. The van der Waals surface area contributed by atoms with Gasteiger partial charge in [0.25, 0.3) is 0 Å². The molecule has 9 heteroatoms. The molecule has 0 saturated carbocycles. The molecule has 0 aromatic carbocycles. The van der Waals surface area contributed by atoms with Crippen LogP contribution in [-0.4, -0.2) is 26.1 Å². The summed E-state index contributed by atoms with van der Waals surface area (Å²) < 4.78 is 33.2. The normalized spacial score (nSPS) is 9.75. The fourth-order valence-electron chi connectivity index (χ4n) is 0.341. The first-order chi connectivity index (χ1) is 5.06. The molecule has 0 unspecified atom stereocenters. The second kappa shape index (κ2) is 7.81. The Morgan fingerprint density at radius 1 is 1.58 bits per heavy atom. The Morgan fingerprint density at radius 2 is 2.17 bits per heavy atom. The van der Waals surface area contributed by atoms with Gasteiger partial charge in [-0.05, 0) is 12.0 Å². The fraction of sp³-hybridized carbons (Fsp3) is 1.00. The predicted octanol–water partition coefficient (Wildman–Crippen LogP) is -2.83. The molecule has 0 N–H and O–H groups in total. The zero-order valence-electron chi connectivity index (χ0n) is 6.50. The van der Waals surface area contributed by atoms with E-state index in [1.807, 2.05) is 0 Å². The SMILES string of the molecule is [N-]=[N+]=NCCCOS(=O)(=O)[O-].[Na+]. The van der Waals surface area contributed by atoms with Crippen LogP contribution >= 0.6 is 0 Å². The van der Waals surface area contributed by atoms with Crippen LogP contribution in [0.15, 0.2) is 5.11 Å². The molecule has 7 nitrogen and oxygen atoms in total. The third kappa shape index (κ3) is 12.8. The van der Waals surface area contributed by atoms with Gasteiger partial charge >= 0.3 is 29.6 Å². The van der Waals surface area contributed by atoms with Gasteiger partial charge in [-0.2, -0.15) is 0 Å². The van der Waals surface area contributed by atoms with Crippen molar-refractivity contribution in [2.75, 3.05) is 13.2 Å². The van der Waals surface area contributed by atoms with Crippen LogP contribution in [0.2, 0.25) is 0 Å². The van der Waals surface area contributed by atoms with E-state index in [-0.39, 0.29) is 49.1 Å². The zero-order chi connectivity index (χ0) is 8.74. The molecule has 0 aromatic heterocycles. The van der Waals surface area contributed by atoms with Gasteiger partial charge in [-0.3, -0.25) is 4.18 Å². The summed E-state index contributed by atoms with van der Waals surface area (Å²) in [6.07, 6.45) is 0.214. The Hall–Kier alpha value is 0.180. The standard InChI is InChI=1S/C3H7N3O4S.Na/c4-6-5-2-1-3-10-11(7,8)9;/h1-3H2,(H,7,8,9);/q;+1/p-1. The molecule has 0 heterocycles. The van der Waals surface area contributed by atoms with Crippen molar-refractivity contribution in [1.29, 1.82) is 0 Å². The molecule has 0 radical (unpaired) electrons. The second-order valence-corrected chi connectivity index (χ2v) is 2.59. The van der Waals surface area contributed by atoms with Crippen molar-refractivity contribution < 1.29 is 46.7 Å². The van der Waals surface area contributed by atoms with Gasteiger partial charge in [0, 0.05) is 11.5 Å². The van der Waals surface area contributed by atoms with E-state index < -0.39 is 10.4 Å². The van der Waals surface area contributed by atoms with Gasteiger partial charge in [0.05, 0.1) is 6.61 Å². The average molecular weight is 203 g/mol. The summed E-state index contributed by atoms with van der Waals surface area (Å²) in [4.78, 5) is 2.41. The van der Waals surface area contributed by atoms with E-state index in [2.05, 4.69) is 14.2 Å². The molecule has 0 bridgehead atoms. The van der Waals surface area contributed by atoms with E-state index in [0.717, 1.165) is 0 Å². The van der Waals surface area contributed by atoms with Crippen molar-refractivity contribution in [3.8, 4) is 0 Å². The van der Waals surface area contributed by atoms with E-state index in [9.17, 15) is 13.0 Å². The maximum Gasteiger partial charge on any atom is 1.00 e. The minimum atomic E-state index is -4.60. The number of hydrogen-bond donors (Lipinski definition) is 0. The van der Waals surface area contributed by atoms with Crippen LogP contribution in [-0.2, 0) is 14.6 Å². The number of rotatable bonds is 5. The van der Waals surface area contributed by atoms with Gasteiger partial charge in [-0.15, -0.1) is 0 Å². The smallest absolute Gasteiger partial charge is 0.726 e. The molecule has 0 amide bonds. The summed E-state index contributed by atoms with van der Waals surface area (Å²) in [5.41, 5.74) is 7.76. The first-order valence-corrected chi connectivity index (χ1v) is 4.00. The van der Waals surface area contributed by atoms with E-state index in [4.69, 9.17) is 5.53 Å². The van der Waals surface area contributed by atoms with E-state index >= 15 is 0 Å². The Labute approximate surface area is 92.0 Å². The van der Waals surface area contributed by atoms with Gasteiger partial charge in [-0.1, -0.05) is 5.11 Å². The predicted molar refractivity (Wildman–Crippen MR) is 34.3 cm³/mol. The van der Waals surface area contributed by atoms with Crippen LogP contribution in [0.4, 0.5) is 0 Å². The van der Waals surface area contributed by atoms with Crippen molar-refractivity contribution in [1.82, 2.24) is 0 Å². The van der Waals surface area contributed by atoms with Crippen LogP contribution in [0.5, 0.6) is 0 Å². The molecule has 12 heavy (non-hydrogen) atoms. The van der Waals surface area contributed by atoms with Gasteiger partial charge in [0.2, 0.25) is 10.4 Å². The third-order valence-electron chi connectivity index (χ3n) is 0.693. The molecular formula is C3H6N3NaO4S. The molecule has 0 atom stereocenters. The summed E-state index contributed by atoms with van der Waals surface area (Å²) >= 11 is 0. The van der Waals surface area contributed by atoms with Crippen molar-refractivity contribution in [2.24, 2.45) is 5.11 Å². The third-order valence-corrected chi connectivity index (χ3v) is 1.15. The molecule has 0 aliphatic carbocycles. The first kappa shape index (κ1) is 14.7. The molecule has 0 aliphatic heterocycles. The average Bonchev–Trinajstić information content (AvgIpc) is 1.85. The fourth-order valence-corrected chi connectivity index (χ4v) is 0.663. The van der Waals surface area contributed by atoms with Gasteiger partial charge in [0.1, 0.15) is 0 Å². The largest absolute Gasteiger partial charge is 1.00 e. The zero-order valence-corrected chi connectivity index (χ0v) is 9.32. The van der Waals surface area contributed by atoms with E-state index in [0.29, 0.717) is 0 Å². The molecule has 0 rings (SSSR count). The number of nitrogens with zero attached hydrogens (tertiary/aromatic N) is 3. The van der Waals surface area contributed by atoms with Crippen LogP contribution in [0.1, 0.15) is 6.42 Å². The Morgan fingerprint density at radius 3 is 2.58 bits per heavy atom. The van der Waals surface area contributed by atoms with Crippen molar-refractivity contribution in [2.45, 2.75) is 6.42 Å². The summed E-state index contributed by atoms with van der Waals surface area (Å²) in [5.74, 6) is 0. The van der Waals surface area contributed by atoms with Gasteiger partial charge in [-0.25, -0.2) is 8.42 Å². The summed E-state index contributed by atoms with van der Waals surface area (Å²) in [6, 6.07) is 0. The van der Waals surface area contributed by atoms with Gasteiger partial charge in [0.15, 0.2) is 0 Å². The molecule has 0 saturated heterocycles. The van der Waals surface area contributed by atoms with Crippen LogP contribution in [0.25, 0.3) is 10.4 Å². The van der Waals surface area contributed by atoms with Crippen LogP contribution in [0.3, 0.4) is 0 Å². The molecule has 0 aliphatic rings.